The molecule has 0 amide bonds. The number of anilines is 5. The SMILES string of the molecule is COc1cc(N2CCN(C3CCNCC3)CC2)ccc1Nc1ncc(Cl)c(Nc2ccccc2CNS(=O)O)n1. The second-order valence-electron chi connectivity index (χ2n) is 9.76. The van der Waals surface area contributed by atoms with Gasteiger partial charge in [0.05, 0.1) is 19.0 Å². The van der Waals surface area contributed by atoms with Crippen molar-refractivity contribution in [2.45, 2.75) is 25.4 Å². The first-order valence-corrected chi connectivity index (χ1v) is 14.8. The fourth-order valence-corrected chi connectivity index (χ4v) is 5.61. The first kappa shape index (κ1) is 28.5. The fourth-order valence-electron chi connectivity index (χ4n) is 5.20. The molecule has 13 heteroatoms. The second-order valence-corrected chi connectivity index (χ2v) is 11.0. The van der Waals surface area contributed by atoms with Crippen LogP contribution in [0.25, 0.3) is 0 Å². The van der Waals surface area contributed by atoms with E-state index in [0.717, 1.165) is 56.2 Å². The average Bonchev–Trinajstić information content (AvgIpc) is 2.99. The fraction of sp³-hybridized carbons (Fsp3) is 0.407. The number of piperazine rings is 1. The number of rotatable bonds is 10. The molecule has 2 aliphatic rings. The van der Waals surface area contributed by atoms with Crippen molar-refractivity contribution in [1.82, 2.24) is 24.9 Å². The lowest BCUT2D eigenvalue weighted by atomic mass is 10.0. The van der Waals surface area contributed by atoms with Crippen LogP contribution in [-0.4, -0.2) is 76.0 Å². The van der Waals surface area contributed by atoms with Crippen molar-refractivity contribution in [2.75, 3.05) is 61.9 Å². The molecule has 0 bridgehead atoms. The van der Waals surface area contributed by atoms with Crippen LogP contribution in [-0.2, 0) is 17.8 Å². The van der Waals surface area contributed by atoms with E-state index in [2.05, 4.69) is 46.5 Å². The summed E-state index contributed by atoms with van der Waals surface area (Å²) in [5.74, 6) is 1.44. The van der Waals surface area contributed by atoms with E-state index in [1.807, 2.05) is 36.4 Å². The zero-order valence-electron chi connectivity index (χ0n) is 22.4. The quantitative estimate of drug-likeness (QED) is 0.224. The van der Waals surface area contributed by atoms with Crippen LogP contribution in [0.4, 0.5) is 28.8 Å². The Bertz CT molecular complexity index is 1320. The molecule has 2 fully saturated rings. The summed E-state index contributed by atoms with van der Waals surface area (Å²) in [6.45, 7) is 6.53. The predicted molar refractivity (Wildman–Crippen MR) is 160 cm³/mol. The molecule has 214 valence electrons. The molecular formula is C27H35ClN8O3S. The van der Waals surface area contributed by atoms with Gasteiger partial charge in [-0.1, -0.05) is 29.8 Å². The Hall–Kier alpha value is -3.00. The van der Waals surface area contributed by atoms with Crippen LogP contribution in [0, 0.1) is 0 Å². The summed E-state index contributed by atoms with van der Waals surface area (Å²) in [5.41, 5.74) is 3.35. The van der Waals surface area contributed by atoms with Crippen molar-refractivity contribution in [2.24, 2.45) is 0 Å². The van der Waals surface area contributed by atoms with Crippen molar-refractivity contribution >= 4 is 51.7 Å². The molecule has 5 rings (SSSR count). The van der Waals surface area contributed by atoms with Gasteiger partial charge in [-0.05, 0) is 49.7 Å². The molecule has 1 unspecified atom stereocenters. The number of methoxy groups -OCH3 is 1. The summed E-state index contributed by atoms with van der Waals surface area (Å²) in [4.78, 5) is 14.0. The third-order valence-corrected chi connectivity index (χ3v) is 8.00. The van der Waals surface area contributed by atoms with Gasteiger partial charge in [0.2, 0.25) is 17.2 Å². The van der Waals surface area contributed by atoms with E-state index in [0.29, 0.717) is 34.3 Å². The normalized spacial score (nSPS) is 17.4. The van der Waals surface area contributed by atoms with Gasteiger partial charge in [0.1, 0.15) is 10.8 Å². The molecule has 3 aromatic rings. The van der Waals surface area contributed by atoms with Crippen LogP contribution in [0.3, 0.4) is 0 Å². The van der Waals surface area contributed by atoms with Crippen molar-refractivity contribution in [3.8, 4) is 5.75 Å². The van der Waals surface area contributed by atoms with Crippen LogP contribution >= 0.6 is 11.6 Å². The molecule has 0 aliphatic carbocycles. The van der Waals surface area contributed by atoms with Crippen molar-refractivity contribution in [3.05, 3.63) is 59.2 Å². The Kier molecular flexibility index (Phi) is 9.68. The molecule has 40 heavy (non-hydrogen) atoms. The summed E-state index contributed by atoms with van der Waals surface area (Å²) < 4.78 is 28.4. The Balaban J connectivity index is 1.26. The molecule has 2 aliphatic heterocycles. The number of hydrogen-bond donors (Lipinski definition) is 5. The minimum absolute atomic E-state index is 0.191. The van der Waals surface area contributed by atoms with E-state index in [9.17, 15) is 4.21 Å². The molecule has 1 atom stereocenters. The molecule has 3 heterocycles. The highest BCUT2D eigenvalue weighted by Gasteiger charge is 2.25. The highest BCUT2D eigenvalue weighted by molar-refractivity contribution is 7.77. The van der Waals surface area contributed by atoms with E-state index < -0.39 is 11.3 Å². The zero-order chi connectivity index (χ0) is 27.9. The van der Waals surface area contributed by atoms with Gasteiger partial charge < -0.3 is 25.6 Å². The molecule has 11 nitrogen and oxygen atoms in total. The van der Waals surface area contributed by atoms with Gasteiger partial charge in [-0.3, -0.25) is 9.45 Å². The molecule has 2 aromatic carbocycles. The standard InChI is InChI=1S/C27H35ClN8O3S/c1-39-25-16-21(36-14-12-35(13-15-36)20-8-10-29-11-9-20)6-7-24(25)33-27-30-18-22(28)26(34-27)32-23-5-3-2-4-19(23)17-31-40(37)38/h2-7,16,18,20,29,31H,8-15,17H2,1H3,(H,37,38)(H2,30,32,33,34). The van der Waals surface area contributed by atoms with Crippen LogP contribution < -0.4 is 30.3 Å². The number of benzene rings is 2. The van der Waals surface area contributed by atoms with Gasteiger partial charge in [0.15, 0.2) is 5.82 Å². The molecule has 0 radical (unpaired) electrons. The summed E-state index contributed by atoms with van der Waals surface area (Å²) >= 11 is 4.28. The van der Waals surface area contributed by atoms with Crippen LogP contribution in [0.5, 0.6) is 5.75 Å². The smallest absolute Gasteiger partial charge is 0.232 e. The van der Waals surface area contributed by atoms with E-state index in [1.165, 1.54) is 19.0 Å². The number of halogens is 1. The van der Waals surface area contributed by atoms with Crippen molar-refractivity contribution < 1.29 is 13.5 Å². The highest BCUT2D eigenvalue weighted by atomic mass is 35.5. The van der Waals surface area contributed by atoms with E-state index >= 15 is 0 Å². The number of hydrogen-bond acceptors (Lipinski definition) is 9. The Morgan fingerprint density at radius 3 is 2.62 bits per heavy atom. The summed E-state index contributed by atoms with van der Waals surface area (Å²) in [5, 5.41) is 10.3. The number of piperidine rings is 1. The summed E-state index contributed by atoms with van der Waals surface area (Å²) in [6.07, 6.45) is 3.98. The van der Waals surface area contributed by atoms with Gasteiger partial charge in [-0.25, -0.2) is 13.9 Å². The third-order valence-electron chi connectivity index (χ3n) is 7.34. The molecule has 5 N–H and O–H groups in total. The maximum Gasteiger partial charge on any atom is 0.232 e. The topological polar surface area (TPSA) is 127 Å². The summed E-state index contributed by atoms with van der Waals surface area (Å²) in [7, 11) is 1.65. The number of aromatic nitrogens is 2. The molecule has 1 aromatic heterocycles. The molecule has 0 saturated carbocycles. The largest absolute Gasteiger partial charge is 0.494 e. The van der Waals surface area contributed by atoms with Crippen molar-refractivity contribution in [3.63, 3.8) is 0 Å². The number of para-hydroxylation sites is 1. The number of nitrogens with zero attached hydrogens (tertiary/aromatic N) is 4. The Morgan fingerprint density at radius 2 is 1.88 bits per heavy atom. The van der Waals surface area contributed by atoms with Crippen LogP contribution in [0.15, 0.2) is 48.7 Å². The Labute approximate surface area is 242 Å². The van der Waals surface area contributed by atoms with Gasteiger partial charge in [-0.2, -0.15) is 4.98 Å². The van der Waals surface area contributed by atoms with Crippen LogP contribution in [0.1, 0.15) is 18.4 Å². The molecular weight excluding hydrogens is 552 g/mol. The molecule has 2 saturated heterocycles. The number of ether oxygens (including phenoxy) is 1. The highest BCUT2D eigenvalue weighted by Crippen LogP contribution is 2.33. The van der Waals surface area contributed by atoms with Gasteiger partial charge >= 0.3 is 0 Å². The Morgan fingerprint density at radius 1 is 1.10 bits per heavy atom. The van der Waals surface area contributed by atoms with Gasteiger partial charge in [-0.15, -0.1) is 0 Å². The maximum absolute atomic E-state index is 11.1. The van der Waals surface area contributed by atoms with E-state index in [1.54, 1.807) is 7.11 Å². The first-order valence-electron chi connectivity index (χ1n) is 13.4. The molecule has 0 spiro atoms. The lowest BCUT2D eigenvalue weighted by Gasteiger charge is -2.41. The maximum atomic E-state index is 11.1. The minimum atomic E-state index is -2.12. The zero-order valence-corrected chi connectivity index (χ0v) is 24.0. The minimum Gasteiger partial charge on any atom is -0.494 e. The predicted octanol–water partition coefficient (Wildman–Crippen LogP) is 3.73. The lowest BCUT2D eigenvalue weighted by Crippen LogP contribution is -2.52. The monoisotopic (exact) mass is 586 g/mol. The van der Waals surface area contributed by atoms with E-state index in [4.69, 9.17) is 20.9 Å². The van der Waals surface area contributed by atoms with E-state index in [-0.39, 0.29) is 6.54 Å². The van der Waals surface area contributed by atoms with Gasteiger partial charge in [0, 0.05) is 56.2 Å². The van der Waals surface area contributed by atoms with Crippen molar-refractivity contribution in [1.29, 1.82) is 0 Å². The van der Waals surface area contributed by atoms with Crippen LogP contribution in [0.2, 0.25) is 5.02 Å². The lowest BCUT2D eigenvalue weighted by molar-refractivity contribution is 0.153. The summed E-state index contributed by atoms with van der Waals surface area (Å²) in [6, 6.07) is 14.2. The average molecular weight is 587 g/mol. The third kappa shape index (κ3) is 7.19. The first-order chi connectivity index (χ1) is 19.5. The van der Waals surface area contributed by atoms with Gasteiger partial charge in [0.25, 0.3) is 0 Å². The second kappa shape index (κ2) is 13.6. The number of nitrogens with one attached hydrogen (secondary N) is 4.